The molecule has 23 heavy (non-hydrogen) atoms. The molecule has 0 aliphatic heterocycles. The summed E-state index contributed by atoms with van der Waals surface area (Å²) in [5.41, 5.74) is 1.12. The minimum absolute atomic E-state index is 0.0876. The molecule has 118 valence electrons. The second kappa shape index (κ2) is 6.48. The molecular weight excluding hydrogens is 290 g/mol. The van der Waals surface area contributed by atoms with Gasteiger partial charge in [0.25, 0.3) is 0 Å². The van der Waals surface area contributed by atoms with Gasteiger partial charge in [-0.3, -0.25) is 4.57 Å². The first-order valence-corrected chi connectivity index (χ1v) is 7.48. The number of ether oxygens (including phenoxy) is 1. The van der Waals surface area contributed by atoms with Crippen molar-refractivity contribution in [2.75, 3.05) is 5.32 Å². The summed E-state index contributed by atoms with van der Waals surface area (Å²) in [6, 6.07) is 9.57. The van der Waals surface area contributed by atoms with Gasteiger partial charge in [-0.1, -0.05) is 12.1 Å². The number of rotatable bonds is 5. The fourth-order valence-corrected chi connectivity index (χ4v) is 2.05. The van der Waals surface area contributed by atoms with Crippen LogP contribution in [0, 0.1) is 6.92 Å². The SMILES string of the molecule is Cc1ccc(-n2cnc(Nc3cccc(OC(C)C)n3)c2)nc1. The van der Waals surface area contributed by atoms with Crippen molar-refractivity contribution in [3.63, 3.8) is 0 Å². The molecule has 0 atom stereocenters. The van der Waals surface area contributed by atoms with Crippen molar-refractivity contribution < 1.29 is 4.74 Å². The lowest BCUT2D eigenvalue weighted by Gasteiger charge is -2.09. The predicted molar refractivity (Wildman–Crippen MR) is 89.4 cm³/mol. The maximum absolute atomic E-state index is 5.59. The topological polar surface area (TPSA) is 64.9 Å². The molecule has 0 aliphatic carbocycles. The van der Waals surface area contributed by atoms with E-state index in [1.54, 1.807) is 6.33 Å². The summed E-state index contributed by atoms with van der Waals surface area (Å²) in [6.07, 6.45) is 5.50. The second-order valence-corrected chi connectivity index (χ2v) is 5.51. The van der Waals surface area contributed by atoms with Crippen molar-refractivity contribution in [3.8, 4) is 11.7 Å². The van der Waals surface area contributed by atoms with E-state index in [-0.39, 0.29) is 6.10 Å². The van der Waals surface area contributed by atoms with E-state index < -0.39 is 0 Å². The van der Waals surface area contributed by atoms with E-state index in [2.05, 4.69) is 20.3 Å². The van der Waals surface area contributed by atoms with Gasteiger partial charge in [0.2, 0.25) is 5.88 Å². The van der Waals surface area contributed by atoms with Gasteiger partial charge in [0.15, 0.2) is 0 Å². The maximum atomic E-state index is 5.59. The molecule has 0 spiro atoms. The van der Waals surface area contributed by atoms with E-state index in [1.807, 2.05) is 68.1 Å². The molecule has 0 amide bonds. The summed E-state index contributed by atoms with van der Waals surface area (Å²) in [5, 5.41) is 3.17. The highest BCUT2D eigenvalue weighted by molar-refractivity contribution is 5.52. The zero-order valence-corrected chi connectivity index (χ0v) is 13.4. The van der Waals surface area contributed by atoms with Gasteiger partial charge in [0.05, 0.1) is 12.3 Å². The lowest BCUT2D eigenvalue weighted by Crippen LogP contribution is -2.07. The third-order valence-electron chi connectivity index (χ3n) is 3.08. The number of nitrogens with one attached hydrogen (secondary N) is 1. The number of hydrogen-bond donors (Lipinski definition) is 1. The van der Waals surface area contributed by atoms with Crippen molar-refractivity contribution in [1.29, 1.82) is 0 Å². The minimum Gasteiger partial charge on any atom is -0.475 e. The van der Waals surface area contributed by atoms with Crippen LogP contribution in [0.2, 0.25) is 0 Å². The maximum Gasteiger partial charge on any atom is 0.215 e. The van der Waals surface area contributed by atoms with Crippen molar-refractivity contribution in [2.45, 2.75) is 26.9 Å². The van der Waals surface area contributed by atoms with Gasteiger partial charge < -0.3 is 10.1 Å². The Labute approximate surface area is 135 Å². The van der Waals surface area contributed by atoms with Crippen LogP contribution in [0.1, 0.15) is 19.4 Å². The normalized spacial score (nSPS) is 10.8. The van der Waals surface area contributed by atoms with Crippen LogP contribution in [0.3, 0.4) is 0 Å². The number of pyridine rings is 2. The molecule has 0 fully saturated rings. The number of nitrogens with zero attached hydrogens (tertiary/aromatic N) is 4. The lowest BCUT2D eigenvalue weighted by molar-refractivity contribution is 0.233. The van der Waals surface area contributed by atoms with Gasteiger partial charge in [0, 0.05) is 12.3 Å². The molecule has 1 N–H and O–H groups in total. The first-order chi connectivity index (χ1) is 11.1. The molecule has 6 heteroatoms. The van der Waals surface area contributed by atoms with E-state index in [9.17, 15) is 0 Å². The molecule has 3 rings (SSSR count). The number of anilines is 2. The summed E-state index contributed by atoms with van der Waals surface area (Å²) < 4.78 is 7.45. The third kappa shape index (κ3) is 3.85. The van der Waals surface area contributed by atoms with E-state index >= 15 is 0 Å². The minimum atomic E-state index is 0.0876. The molecule has 0 saturated heterocycles. The first-order valence-electron chi connectivity index (χ1n) is 7.48. The van der Waals surface area contributed by atoms with Crippen LogP contribution in [-0.2, 0) is 0 Å². The Morgan fingerprint density at radius 1 is 1.09 bits per heavy atom. The highest BCUT2D eigenvalue weighted by Crippen LogP contribution is 2.17. The Balaban J connectivity index is 1.75. The second-order valence-electron chi connectivity index (χ2n) is 5.51. The third-order valence-corrected chi connectivity index (χ3v) is 3.08. The van der Waals surface area contributed by atoms with Gasteiger partial charge in [-0.2, -0.15) is 4.98 Å². The van der Waals surface area contributed by atoms with Gasteiger partial charge >= 0.3 is 0 Å². The Kier molecular flexibility index (Phi) is 4.23. The Morgan fingerprint density at radius 2 is 1.96 bits per heavy atom. The van der Waals surface area contributed by atoms with Crippen LogP contribution in [-0.4, -0.2) is 25.6 Å². The Morgan fingerprint density at radius 3 is 2.70 bits per heavy atom. The molecule has 0 aliphatic rings. The quantitative estimate of drug-likeness (QED) is 0.781. The highest BCUT2D eigenvalue weighted by atomic mass is 16.5. The van der Waals surface area contributed by atoms with Crippen molar-refractivity contribution in [3.05, 3.63) is 54.6 Å². The molecule has 3 aromatic heterocycles. The van der Waals surface area contributed by atoms with E-state index in [4.69, 9.17) is 4.74 Å². The molecular formula is C17H19N5O. The van der Waals surface area contributed by atoms with Gasteiger partial charge in [0.1, 0.15) is 23.8 Å². The Hall–Kier alpha value is -2.89. The highest BCUT2D eigenvalue weighted by Gasteiger charge is 2.05. The van der Waals surface area contributed by atoms with Crippen LogP contribution >= 0.6 is 0 Å². The van der Waals surface area contributed by atoms with Crippen LogP contribution in [0.15, 0.2) is 49.1 Å². The lowest BCUT2D eigenvalue weighted by atomic mass is 10.3. The predicted octanol–water partition coefficient (Wildman–Crippen LogP) is 3.50. The van der Waals surface area contributed by atoms with Gasteiger partial charge in [-0.05, 0) is 38.5 Å². The van der Waals surface area contributed by atoms with Crippen molar-refractivity contribution in [2.24, 2.45) is 0 Å². The van der Waals surface area contributed by atoms with E-state index in [1.165, 1.54) is 0 Å². The largest absolute Gasteiger partial charge is 0.475 e. The van der Waals surface area contributed by atoms with Gasteiger partial charge in [-0.25, -0.2) is 9.97 Å². The van der Waals surface area contributed by atoms with Crippen LogP contribution in [0.5, 0.6) is 5.88 Å². The van der Waals surface area contributed by atoms with Crippen LogP contribution in [0.25, 0.3) is 5.82 Å². The summed E-state index contributed by atoms with van der Waals surface area (Å²) >= 11 is 0. The fourth-order valence-electron chi connectivity index (χ4n) is 2.05. The standard InChI is InChI=1S/C17H19N5O/c1-12(2)23-17-6-4-5-14(21-17)20-15-10-22(11-19-15)16-8-7-13(3)9-18-16/h4-12H,1-3H3,(H,20,21). The molecule has 0 radical (unpaired) electrons. The average molecular weight is 309 g/mol. The first kappa shape index (κ1) is 15.0. The summed E-state index contributed by atoms with van der Waals surface area (Å²) in [5.74, 6) is 2.79. The molecule has 3 heterocycles. The molecule has 0 saturated carbocycles. The molecule has 3 aromatic rings. The molecule has 0 aromatic carbocycles. The Bertz CT molecular complexity index is 780. The molecule has 0 unspecified atom stereocenters. The molecule has 0 bridgehead atoms. The summed E-state index contributed by atoms with van der Waals surface area (Å²) in [6.45, 7) is 5.95. The number of aromatic nitrogens is 4. The summed E-state index contributed by atoms with van der Waals surface area (Å²) in [7, 11) is 0. The number of hydrogen-bond acceptors (Lipinski definition) is 5. The average Bonchev–Trinajstić information content (AvgIpc) is 2.96. The monoisotopic (exact) mass is 309 g/mol. The van der Waals surface area contributed by atoms with Crippen LogP contribution < -0.4 is 10.1 Å². The number of aryl methyl sites for hydroxylation is 1. The summed E-state index contributed by atoms with van der Waals surface area (Å²) in [4.78, 5) is 13.1. The fraction of sp³-hybridized carbons (Fsp3) is 0.235. The van der Waals surface area contributed by atoms with Crippen molar-refractivity contribution in [1.82, 2.24) is 19.5 Å². The van der Waals surface area contributed by atoms with Crippen LogP contribution in [0.4, 0.5) is 11.6 Å². The van der Waals surface area contributed by atoms with Gasteiger partial charge in [-0.15, -0.1) is 0 Å². The number of imidazole rings is 1. The van der Waals surface area contributed by atoms with E-state index in [0.717, 1.165) is 11.4 Å². The van der Waals surface area contributed by atoms with Crippen molar-refractivity contribution >= 4 is 11.6 Å². The van der Waals surface area contributed by atoms with E-state index in [0.29, 0.717) is 17.5 Å². The zero-order chi connectivity index (χ0) is 16.2. The zero-order valence-electron chi connectivity index (χ0n) is 13.4. The molecule has 6 nitrogen and oxygen atoms in total. The smallest absolute Gasteiger partial charge is 0.215 e.